The molecule has 1 heteroatoms. The quantitative estimate of drug-likeness (QED) is 0.667. The minimum absolute atomic E-state index is 0.500. The van der Waals surface area contributed by atoms with E-state index in [1.165, 1.54) is 23.1 Å². The number of hydrogen-bond acceptors (Lipinski definition) is 1. The van der Waals surface area contributed by atoms with Crippen LogP contribution in [0, 0.1) is 13.8 Å². The first-order chi connectivity index (χ1) is 6.68. The first-order valence-electron chi connectivity index (χ1n) is 5.39. The van der Waals surface area contributed by atoms with Gasteiger partial charge in [0.1, 0.15) is 0 Å². The van der Waals surface area contributed by atoms with E-state index in [9.17, 15) is 0 Å². The summed E-state index contributed by atoms with van der Waals surface area (Å²) in [7, 11) is 0. The van der Waals surface area contributed by atoms with Crippen LogP contribution in [0.2, 0.25) is 0 Å². The molecule has 2 atom stereocenters. The van der Waals surface area contributed by atoms with Gasteiger partial charge in [-0.05, 0) is 50.3 Å². The van der Waals surface area contributed by atoms with Gasteiger partial charge in [-0.15, -0.1) is 0 Å². The van der Waals surface area contributed by atoms with Crippen LogP contribution in [0.15, 0.2) is 18.2 Å². The van der Waals surface area contributed by atoms with E-state index in [2.05, 4.69) is 39.0 Å². The summed E-state index contributed by atoms with van der Waals surface area (Å²) in [6.07, 6.45) is 3.35. The standard InChI is InChI=1S/C13H18O/c1-9-5-4-6-12(10(9)2)7-8-13-11(3)14-13/h4-6,11,13H,7-8H2,1-3H3. The van der Waals surface area contributed by atoms with Crippen molar-refractivity contribution < 1.29 is 4.74 Å². The average Bonchev–Trinajstić information content (AvgIpc) is 2.85. The molecular weight excluding hydrogens is 172 g/mol. The van der Waals surface area contributed by atoms with Crippen LogP contribution in [-0.4, -0.2) is 12.2 Å². The second-order valence-corrected chi connectivity index (χ2v) is 4.28. The number of epoxide rings is 1. The molecule has 1 aromatic rings. The van der Waals surface area contributed by atoms with Gasteiger partial charge in [0.25, 0.3) is 0 Å². The number of benzene rings is 1. The normalized spacial score (nSPS) is 25.1. The highest BCUT2D eigenvalue weighted by molar-refractivity contribution is 5.33. The van der Waals surface area contributed by atoms with Crippen LogP contribution in [0.25, 0.3) is 0 Å². The van der Waals surface area contributed by atoms with E-state index >= 15 is 0 Å². The van der Waals surface area contributed by atoms with E-state index in [0.717, 1.165) is 6.42 Å². The van der Waals surface area contributed by atoms with E-state index in [4.69, 9.17) is 4.74 Å². The van der Waals surface area contributed by atoms with Crippen molar-refractivity contribution in [2.45, 2.75) is 45.8 Å². The van der Waals surface area contributed by atoms with E-state index in [1.807, 2.05) is 0 Å². The largest absolute Gasteiger partial charge is 0.370 e. The third kappa shape index (κ3) is 1.98. The Kier molecular flexibility index (Phi) is 2.60. The van der Waals surface area contributed by atoms with Gasteiger partial charge in [-0.2, -0.15) is 0 Å². The van der Waals surface area contributed by atoms with Crippen molar-refractivity contribution in [2.24, 2.45) is 0 Å². The zero-order valence-corrected chi connectivity index (χ0v) is 9.21. The van der Waals surface area contributed by atoms with Gasteiger partial charge in [0.05, 0.1) is 12.2 Å². The molecule has 0 N–H and O–H groups in total. The van der Waals surface area contributed by atoms with E-state index in [-0.39, 0.29) is 0 Å². The average molecular weight is 190 g/mol. The van der Waals surface area contributed by atoms with Crippen LogP contribution in [-0.2, 0) is 11.2 Å². The highest BCUT2D eigenvalue weighted by Gasteiger charge is 2.33. The van der Waals surface area contributed by atoms with Gasteiger partial charge in [0.2, 0.25) is 0 Å². The summed E-state index contributed by atoms with van der Waals surface area (Å²) < 4.78 is 5.41. The number of hydrogen-bond donors (Lipinski definition) is 0. The van der Waals surface area contributed by atoms with Crippen molar-refractivity contribution in [3.05, 3.63) is 34.9 Å². The Morgan fingerprint density at radius 2 is 2.00 bits per heavy atom. The van der Waals surface area contributed by atoms with Gasteiger partial charge >= 0.3 is 0 Å². The predicted molar refractivity (Wildman–Crippen MR) is 58.6 cm³/mol. The lowest BCUT2D eigenvalue weighted by Crippen LogP contribution is -1.97. The molecule has 0 radical (unpaired) electrons. The summed E-state index contributed by atoms with van der Waals surface area (Å²) in [5.41, 5.74) is 4.32. The number of ether oxygens (including phenoxy) is 1. The van der Waals surface area contributed by atoms with Crippen LogP contribution < -0.4 is 0 Å². The van der Waals surface area contributed by atoms with E-state index in [1.54, 1.807) is 0 Å². The molecule has 1 aliphatic heterocycles. The minimum Gasteiger partial charge on any atom is -0.370 e. The maximum atomic E-state index is 5.41. The number of aryl methyl sites for hydroxylation is 2. The zero-order chi connectivity index (χ0) is 10.1. The number of rotatable bonds is 3. The zero-order valence-electron chi connectivity index (χ0n) is 9.21. The van der Waals surface area contributed by atoms with Crippen LogP contribution in [0.3, 0.4) is 0 Å². The van der Waals surface area contributed by atoms with E-state index in [0.29, 0.717) is 12.2 Å². The van der Waals surface area contributed by atoms with Crippen molar-refractivity contribution in [3.8, 4) is 0 Å². The van der Waals surface area contributed by atoms with Crippen molar-refractivity contribution in [2.75, 3.05) is 0 Å². The summed E-state index contributed by atoms with van der Waals surface area (Å²) in [4.78, 5) is 0. The molecule has 14 heavy (non-hydrogen) atoms. The molecule has 0 aliphatic carbocycles. The van der Waals surface area contributed by atoms with Crippen LogP contribution >= 0.6 is 0 Å². The molecule has 1 saturated heterocycles. The lowest BCUT2D eigenvalue weighted by molar-refractivity contribution is 0.370. The third-order valence-electron chi connectivity index (χ3n) is 3.25. The molecule has 1 heterocycles. The van der Waals surface area contributed by atoms with Gasteiger partial charge in [-0.3, -0.25) is 0 Å². The summed E-state index contributed by atoms with van der Waals surface area (Å²) in [5.74, 6) is 0. The topological polar surface area (TPSA) is 12.5 Å². The van der Waals surface area contributed by atoms with Crippen molar-refractivity contribution in [1.29, 1.82) is 0 Å². The van der Waals surface area contributed by atoms with Crippen LogP contribution in [0.4, 0.5) is 0 Å². The lowest BCUT2D eigenvalue weighted by Gasteiger charge is -2.07. The lowest BCUT2D eigenvalue weighted by atomic mass is 9.99. The maximum Gasteiger partial charge on any atom is 0.0842 e. The summed E-state index contributed by atoms with van der Waals surface area (Å²) >= 11 is 0. The molecule has 1 aliphatic rings. The first-order valence-corrected chi connectivity index (χ1v) is 5.39. The van der Waals surface area contributed by atoms with Crippen molar-refractivity contribution in [3.63, 3.8) is 0 Å². The summed E-state index contributed by atoms with van der Waals surface area (Å²) in [6.45, 7) is 6.53. The van der Waals surface area contributed by atoms with Gasteiger partial charge in [0.15, 0.2) is 0 Å². The molecule has 0 bridgehead atoms. The third-order valence-corrected chi connectivity index (χ3v) is 3.25. The second-order valence-electron chi connectivity index (χ2n) is 4.28. The van der Waals surface area contributed by atoms with Crippen molar-refractivity contribution in [1.82, 2.24) is 0 Å². The Bertz CT molecular complexity index is 330. The summed E-state index contributed by atoms with van der Waals surface area (Å²) in [6, 6.07) is 6.55. The molecular formula is C13H18O. The Morgan fingerprint density at radius 3 is 2.64 bits per heavy atom. The second kappa shape index (κ2) is 3.74. The molecule has 1 fully saturated rings. The van der Waals surface area contributed by atoms with Crippen LogP contribution in [0.5, 0.6) is 0 Å². The maximum absolute atomic E-state index is 5.41. The molecule has 0 saturated carbocycles. The fourth-order valence-electron chi connectivity index (χ4n) is 1.91. The molecule has 76 valence electrons. The van der Waals surface area contributed by atoms with Crippen LogP contribution in [0.1, 0.15) is 30.0 Å². The molecule has 0 amide bonds. The Hall–Kier alpha value is -0.820. The fourth-order valence-corrected chi connectivity index (χ4v) is 1.91. The first kappa shape index (κ1) is 9.72. The monoisotopic (exact) mass is 190 g/mol. The predicted octanol–water partition coefficient (Wildman–Crippen LogP) is 3.02. The molecule has 2 rings (SSSR count). The molecule has 0 spiro atoms. The van der Waals surface area contributed by atoms with Gasteiger partial charge in [0, 0.05) is 0 Å². The molecule has 2 unspecified atom stereocenters. The SMILES string of the molecule is Cc1cccc(CCC2OC2C)c1C. The fraction of sp³-hybridized carbons (Fsp3) is 0.538. The smallest absolute Gasteiger partial charge is 0.0842 e. The van der Waals surface area contributed by atoms with Crippen molar-refractivity contribution >= 4 is 0 Å². The highest BCUT2D eigenvalue weighted by atomic mass is 16.6. The molecule has 1 aromatic carbocycles. The summed E-state index contributed by atoms with van der Waals surface area (Å²) in [5, 5.41) is 0. The van der Waals surface area contributed by atoms with Gasteiger partial charge in [-0.25, -0.2) is 0 Å². The molecule has 1 nitrogen and oxygen atoms in total. The van der Waals surface area contributed by atoms with Gasteiger partial charge in [-0.1, -0.05) is 18.2 Å². The van der Waals surface area contributed by atoms with Gasteiger partial charge < -0.3 is 4.74 Å². The Balaban J connectivity index is 1.98. The Morgan fingerprint density at radius 1 is 1.29 bits per heavy atom. The molecule has 0 aromatic heterocycles. The van der Waals surface area contributed by atoms with E-state index < -0.39 is 0 Å². The minimum atomic E-state index is 0.500. The Labute approximate surface area is 86.1 Å². The highest BCUT2D eigenvalue weighted by Crippen LogP contribution is 2.26.